The van der Waals surface area contributed by atoms with Crippen LogP contribution in [0, 0.1) is 0 Å². The van der Waals surface area contributed by atoms with Crippen LogP contribution in [0.15, 0.2) is 24.3 Å². The van der Waals surface area contributed by atoms with Gasteiger partial charge in [-0.2, -0.15) is 0 Å². The first-order chi connectivity index (χ1) is 4.88. The second kappa shape index (κ2) is 1.82. The molecule has 1 amide bonds. The van der Waals surface area contributed by atoms with Crippen molar-refractivity contribution in [2.45, 2.75) is 0 Å². The van der Waals surface area contributed by atoms with Gasteiger partial charge in [0, 0.05) is 0 Å². The molecule has 0 spiro atoms. The highest BCUT2D eigenvalue weighted by Crippen LogP contribution is 2.17. The van der Waals surface area contributed by atoms with Crippen LogP contribution in [0.2, 0.25) is 0 Å². The number of primary amides is 1. The Morgan fingerprint density at radius 3 is 2.90 bits per heavy atom. The van der Waals surface area contributed by atoms with E-state index in [2.05, 4.69) is 0 Å². The SMILES string of the molecule is O=C1[NH2+]Oc2ccccc21. The number of carbonyl (C=O) groups is 1. The van der Waals surface area contributed by atoms with Gasteiger partial charge >= 0.3 is 5.91 Å². The van der Waals surface area contributed by atoms with Crippen LogP contribution in [0.5, 0.6) is 5.75 Å². The molecular formula is C7H6NO2+. The second-order valence-electron chi connectivity index (χ2n) is 2.10. The second-order valence-corrected chi connectivity index (χ2v) is 2.10. The summed E-state index contributed by atoms with van der Waals surface area (Å²) >= 11 is 0. The van der Waals surface area contributed by atoms with Gasteiger partial charge in [0.05, 0.1) is 0 Å². The molecule has 0 radical (unpaired) electrons. The maximum Gasteiger partial charge on any atom is 0.387 e. The highest BCUT2D eigenvalue weighted by Gasteiger charge is 2.24. The predicted octanol–water partition coefficient (Wildman–Crippen LogP) is -0.302. The van der Waals surface area contributed by atoms with E-state index in [4.69, 9.17) is 4.84 Å². The minimum absolute atomic E-state index is 0.0457. The van der Waals surface area contributed by atoms with Crippen molar-refractivity contribution in [3.05, 3.63) is 29.8 Å². The van der Waals surface area contributed by atoms with E-state index in [1.165, 1.54) is 5.48 Å². The lowest BCUT2D eigenvalue weighted by Crippen LogP contribution is -2.87. The summed E-state index contributed by atoms with van der Waals surface area (Å²) < 4.78 is 0. The first kappa shape index (κ1) is 5.44. The van der Waals surface area contributed by atoms with Gasteiger partial charge in [-0.05, 0) is 12.1 Å². The maximum absolute atomic E-state index is 10.9. The molecule has 1 heterocycles. The van der Waals surface area contributed by atoms with Crippen molar-refractivity contribution in [2.75, 3.05) is 0 Å². The zero-order chi connectivity index (χ0) is 6.97. The average molecular weight is 136 g/mol. The molecule has 0 saturated carbocycles. The smallest absolute Gasteiger partial charge is 0.310 e. The predicted molar refractivity (Wildman–Crippen MR) is 33.3 cm³/mol. The topological polar surface area (TPSA) is 42.9 Å². The number of nitrogens with two attached hydrogens (primary N) is 1. The van der Waals surface area contributed by atoms with Gasteiger partial charge in [0.2, 0.25) is 5.75 Å². The number of carbonyl (C=O) groups excluding carboxylic acids is 1. The Labute approximate surface area is 57.6 Å². The number of benzene rings is 1. The van der Waals surface area contributed by atoms with Gasteiger partial charge in [0.25, 0.3) is 0 Å². The van der Waals surface area contributed by atoms with Crippen molar-refractivity contribution in [3.8, 4) is 5.75 Å². The summed E-state index contributed by atoms with van der Waals surface area (Å²) in [6.45, 7) is 0. The van der Waals surface area contributed by atoms with Gasteiger partial charge in [-0.25, -0.2) is 4.79 Å². The summed E-state index contributed by atoms with van der Waals surface area (Å²) in [7, 11) is 0. The Bertz CT molecular complexity index is 283. The molecule has 1 aliphatic rings. The van der Waals surface area contributed by atoms with E-state index in [1.807, 2.05) is 12.1 Å². The average Bonchev–Trinajstić information content (AvgIpc) is 2.34. The molecular weight excluding hydrogens is 130 g/mol. The largest absolute Gasteiger partial charge is 0.387 e. The number of para-hydroxylation sites is 1. The molecule has 0 saturated heterocycles. The van der Waals surface area contributed by atoms with Crippen LogP contribution < -0.4 is 10.3 Å². The number of quaternary nitrogens is 1. The molecule has 10 heavy (non-hydrogen) atoms. The van der Waals surface area contributed by atoms with E-state index in [9.17, 15) is 4.79 Å². The molecule has 1 aromatic rings. The number of hydrogen-bond donors (Lipinski definition) is 1. The van der Waals surface area contributed by atoms with E-state index in [1.54, 1.807) is 12.1 Å². The summed E-state index contributed by atoms with van der Waals surface area (Å²) in [5.41, 5.74) is 1.88. The number of amides is 1. The van der Waals surface area contributed by atoms with Crippen LogP contribution in [0.3, 0.4) is 0 Å². The van der Waals surface area contributed by atoms with Crippen molar-refractivity contribution < 1.29 is 15.1 Å². The molecule has 0 fully saturated rings. The van der Waals surface area contributed by atoms with E-state index < -0.39 is 0 Å². The zero-order valence-corrected chi connectivity index (χ0v) is 5.20. The van der Waals surface area contributed by atoms with Crippen molar-refractivity contribution in [1.29, 1.82) is 0 Å². The molecule has 2 N–H and O–H groups in total. The molecule has 0 unspecified atom stereocenters. The third-order valence-corrected chi connectivity index (χ3v) is 1.45. The van der Waals surface area contributed by atoms with Crippen LogP contribution in [-0.2, 0) is 0 Å². The molecule has 0 aromatic heterocycles. The number of hydroxylamine groups is 1. The fourth-order valence-electron chi connectivity index (χ4n) is 0.953. The Kier molecular flexibility index (Phi) is 0.987. The summed E-state index contributed by atoms with van der Waals surface area (Å²) in [5, 5.41) is 0. The molecule has 0 atom stereocenters. The van der Waals surface area contributed by atoms with Crippen LogP contribution in [0.1, 0.15) is 10.4 Å². The van der Waals surface area contributed by atoms with Gasteiger partial charge < -0.3 is 4.84 Å². The number of hydrogen-bond acceptors (Lipinski definition) is 2. The Balaban J connectivity index is 2.61. The minimum Gasteiger partial charge on any atom is -0.310 e. The third kappa shape index (κ3) is 0.610. The number of fused-ring (bicyclic) bond motifs is 1. The van der Waals surface area contributed by atoms with E-state index in [0.29, 0.717) is 11.3 Å². The van der Waals surface area contributed by atoms with E-state index >= 15 is 0 Å². The Hall–Kier alpha value is -1.35. The van der Waals surface area contributed by atoms with Crippen molar-refractivity contribution in [1.82, 2.24) is 0 Å². The van der Waals surface area contributed by atoms with Crippen LogP contribution in [-0.4, -0.2) is 5.91 Å². The summed E-state index contributed by atoms with van der Waals surface area (Å²) in [5.74, 6) is 0.614. The fraction of sp³-hybridized carbons (Fsp3) is 0. The van der Waals surface area contributed by atoms with Gasteiger partial charge in [-0.1, -0.05) is 17.6 Å². The molecule has 1 aliphatic heterocycles. The van der Waals surface area contributed by atoms with Gasteiger partial charge in [-0.15, -0.1) is 0 Å². The Morgan fingerprint density at radius 1 is 1.30 bits per heavy atom. The molecule has 0 aliphatic carbocycles. The summed E-state index contributed by atoms with van der Waals surface area (Å²) in [6.07, 6.45) is 0. The van der Waals surface area contributed by atoms with Crippen molar-refractivity contribution in [2.24, 2.45) is 0 Å². The first-order valence-corrected chi connectivity index (χ1v) is 3.01. The molecule has 50 valence electrons. The van der Waals surface area contributed by atoms with Gasteiger partial charge in [0.15, 0.2) is 0 Å². The van der Waals surface area contributed by atoms with Gasteiger partial charge in [-0.3, -0.25) is 0 Å². The van der Waals surface area contributed by atoms with E-state index in [-0.39, 0.29) is 5.91 Å². The minimum atomic E-state index is -0.0457. The molecule has 2 rings (SSSR count). The molecule has 3 heteroatoms. The van der Waals surface area contributed by atoms with Crippen LogP contribution >= 0.6 is 0 Å². The molecule has 0 bridgehead atoms. The lowest BCUT2D eigenvalue weighted by Gasteiger charge is -1.85. The standard InChI is InChI=1S/C7H5NO2/c9-7-5-3-1-2-4-6(5)10-8-7/h1-4H,(H,8,9)/p+1. The molecule has 1 aromatic carbocycles. The summed E-state index contributed by atoms with van der Waals surface area (Å²) in [4.78, 5) is 15.8. The highest BCUT2D eigenvalue weighted by atomic mass is 16.7. The number of rotatable bonds is 0. The lowest BCUT2D eigenvalue weighted by molar-refractivity contribution is -0.770. The monoisotopic (exact) mass is 136 g/mol. The fourth-order valence-corrected chi connectivity index (χ4v) is 0.953. The maximum atomic E-state index is 10.9. The summed E-state index contributed by atoms with van der Waals surface area (Å²) in [6, 6.07) is 7.18. The van der Waals surface area contributed by atoms with Crippen LogP contribution in [0.4, 0.5) is 0 Å². The van der Waals surface area contributed by atoms with Crippen molar-refractivity contribution >= 4 is 5.91 Å². The zero-order valence-electron chi connectivity index (χ0n) is 5.20. The first-order valence-electron chi connectivity index (χ1n) is 3.01. The third-order valence-electron chi connectivity index (χ3n) is 1.45. The lowest BCUT2D eigenvalue weighted by atomic mass is 10.2. The quantitative estimate of drug-likeness (QED) is 0.532. The van der Waals surface area contributed by atoms with Gasteiger partial charge in [0.1, 0.15) is 5.56 Å². The van der Waals surface area contributed by atoms with E-state index in [0.717, 1.165) is 0 Å². The molecule has 3 nitrogen and oxygen atoms in total. The van der Waals surface area contributed by atoms with Crippen molar-refractivity contribution in [3.63, 3.8) is 0 Å². The highest BCUT2D eigenvalue weighted by molar-refractivity contribution is 5.90. The normalized spacial score (nSPS) is 14.6. The van der Waals surface area contributed by atoms with Crippen LogP contribution in [0.25, 0.3) is 0 Å². The Morgan fingerprint density at radius 2 is 2.10 bits per heavy atom.